The first-order valence-electron chi connectivity index (χ1n) is 9.17. The van der Waals surface area contributed by atoms with E-state index in [9.17, 15) is 4.79 Å². The number of likely N-dealkylation sites (N-methyl/N-ethyl adjacent to an activating group) is 1. The third-order valence-corrected chi connectivity index (χ3v) is 5.21. The maximum atomic E-state index is 12.4. The van der Waals surface area contributed by atoms with Crippen molar-refractivity contribution in [1.29, 1.82) is 0 Å². The number of carbonyl (C=O) groups is 1. The van der Waals surface area contributed by atoms with Gasteiger partial charge in [-0.3, -0.25) is 0 Å². The van der Waals surface area contributed by atoms with E-state index >= 15 is 0 Å². The summed E-state index contributed by atoms with van der Waals surface area (Å²) in [4.78, 5) is 19.2. The van der Waals surface area contributed by atoms with Crippen LogP contribution in [0.4, 0.5) is 10.5 Å². The van der Waals surface area contributed by atoms with E-state index in [1.807, 2.05) is 4.90 Å². The van der Waals surface area contributed by atoms with Crippen LogP contribution in [0.15, 0.2) is 24.3 Å². The molecule has 2 fully saturated rings. The summed E-state index contributed by atoms with van der Waals surface area (Å²) in [5.74, 6) is 0.613. The molecule has 1 atom stereocenters. The summed E-state index contributed by atoms with van der Waals surface area (Å²) in [5.41, 5.74) is 2.47. The Balaban J connectivity index is 1.60. The lowest BCUT2D eigenvalue weighted by Crippen LogP contribution is -2.46. The molecule has 5 nitrogen and oxygen atoms in total. The summed E-state index contributed by atoms with van der Waals surface area (Å²) in [6.07, 6.45) is 2.35. The van der Waals surface area contributed by atoms with Crippen molar-refractivity contribution in [2.24, 2.45) is 5.92 Å². The summed E-state index contributed by atoms with van der Waals surface area (Å²) in [6, 6.07) is 8.53. The Morgan fingerprint density at radius 3 is 2.67 bits per heavy atom. The van der Waals surface area contributed by atoms with Gasteiger partial charge in [-0.1, -0.05) is 25.1 Å². The van der Waals surface area contributed by atoms with Crippen molar-refractivity contribution >= 4 is 11.7 Å². The van der Waals surface area contributed by atoms with E-state index in [1.54, 1.807) is 0 Å². The zero-order valence-corrected chi connectivity index (χ0v) is 15.0. The first-order chi connectivity index (χ1) is 11.6. The van der Waals surface area contributed by atoms with Crippen LogP contribution < -0.4 is 10.2 Å². The molecule has 1 aromatic carbocycles. The van der Waals surface area contributed by atoms with Gasteiger partial charge in [-0.25, -0.2) is 4.79 Å². The van der Waals surface area contributed by atoms with Crippen LogP contribution >= 0.6 is 0 Å². The fourth-order valence-electron chi connectivity index (χ4n) is 3.67. The number of para-hydroxylation sites is 1. The number of nitrogens with one attached hydrogen (secondary N) is 1. The van der Waals surface area contributed by atoms with Gasteiger partial charge in [0, 0.05) is 51.5 Å². The van der Waals surface area contributed by atoms with Crippen LogP contribution in [-0.4, -0.2) is 62.1 Å². The van der Waals surface area contributed by atoms with E-state index in [2.05, 4.69) is 53.4 Å². The van der Waals surface area contributed by atoms with Crippen LogP contribution in [-0.2, 0) is 6.54 Å². The smallest absolute Gasteiger partial charge is 0.317 e. The number of urea groups is 1. The van der Waals surface area contributed by atoms with E-state index in [4.69, 9.17) is 0 Å². The first-order valence-corrected chi connectivity index (χ1v) is 9.17. The van der Waals surface area contributed by atoms with Gasteiger partial charge in [-0.15, -0.1) is 0 Å². The second-order valence-electron chi connectivity index (χ2n) is 7.27. The van der Waals surface area contributed by atoms with E-state index in [0.717, 1.165) is 45.7 Å². The van der Waals surface area contributed by atoms with Crippen LogP contribution in [0, 0.1) is 5.92 Å². The Kier molecular flexibility index (Phi) is 5.61. The zero-order chi connectivity index (χ0) is 16.9. The molecule has 5 heteroatoms. The highest BCUT2D eigenvalue weighted by Gasteiger charge is 2.21. The molecule has 3 rings (SSSR count). The van der Waals surface area contributed by atoms with Crippen LogP contribution in [0.3, 0.4) is 0 Å². The van der Waals surface area contributed by atoms with Crippen molar-refractivity contribution in [2.45, 2.75) is 26.3 Å². The lowest BCUT2D eigenvalue weighted by molar-refractivity contribution is 0.169. The first kappa shape index (κ1) is 17.1. The van der Waals surface area contributed by atoms with Gasteiger partial charge in [-0.05, 0) is 37.4 Å². The lowest BCUT2D eigenvalue weighted by Gasteiger charge is -2.35. The van der Waals surface area contributed by atoms with Crippen molar-refractivity contribution in [3.63, 3.8) is 0 Å². The number of carbonyl (C=O) groups excluding carboxylic acids is 1. The van der Waals surface area contributed by atoms with Gasteiger partial charge >= 0.3 is 6.03 Å². The number of likely N-dealkylation sites (tertiary alicyclic amines) is 1. The molecule has 0 radical (unpaired) electrons. The van der Waals surface area contributed by atoms with Crippen LogP contribution in [0.2, 0.25) is 0 Å². The van der Waals surface area contributed by atoms with Gasteiger partial charge < -0.3 is 20.0 Å². The quantitative estimate of drug-likeness (QED) is 0.925. The fourth-order valence-corrected chi connectivity index (χ4v) is 3.67. The van der Waals surface area contributed by atoms with Crippen molar-refractivity contribution in [1.82, 2.24) is 15.1 Å². The predicted molar refractivity (Wildman–Crippen MR) is 98.4 cm³/mol. The molecular formula is C19H30N4O. The average Bonchev–Trinajstić information content (AvgIpc) is 2.61. The third kappa shape index (κ3) is 4.20. The van der Waals surface area contributed by atoms with Gasteiger partial charge in [0.2, 0.25) is 0 Å². The zero-order valence-electron chi connectivity index (χ0n) is 15.0. The molecule has 0 saturated carbocycles. The molecule has 24 heavy (non-hydrogen) atoms. The standard InChI is InChI=1S/C19H30N4O/c1-16-6-5-9-23(15-16)19(24)20-14-17-7-3-4-8-18(17)22-12-10-21(2)11-13-22/h3-4,7-8,16H,5-6,9-15H2,1-2H3,(H,20,24). The maximum absolute atomic E-state index is 12.4. The second kappa shape index (κ2) is 7.88. The van der Waals surface area contributed by atoms with Gasteiger partial charge in [0.15, 0.2) is 0 Å². The van der Waals surface area contributed by atoms with Gasteiger partial charge in [0.05, 0.1) is 0 Å². The van der Waals surface area contributed by atoms with Crippen LogP contribution in [0.25, 0.3) is 0 Å². The number of hydrogen-bond acceptors (Lipinski definition) is 3. The summed E-state index contributed by atoms with van der Waals surface area (Å²) in [6.45, 7) is 8.87. The van der Waals surface area contributed by atoms with Gasteiger partial charge in [-0.2, -0.15) is 0 Å². The Labute approximate surface area is 145 Å². The normalized spacial score (nSPS) is 22.5. The Bertz CT molecular complexity index is 554. The number of rotatable bonds is 3. The Morgan fingerprint density at radius 2 is 1.92 bits per heavy atom. The summed E-state index contributed by atoms with van der Waals surface area (Å²) < 4.78 is 0. The molecule has 132 valence electrons. The topological polar surface area (TPSA) is 38.8 Å². The minimum absolute atomic E-state index is 0.0785. The highest BCUT2D eigenvalue weighted by atomic mass is 16.2. The summed E-state index contributed by atoms with van der Waals surface area (Å²) >= 11 is 0. The summed E-state index contributed by atoms with van der Waals surface area (Å²) in [5, 5.41) is 3.13. The molecular weight excluding hydrogens is 300 g/mol. The molecule has 0 aliphatic carbocycles. The minimum atomic E-state index is 0.0785. The number of amides is 2. The molecule has 2 aliphatic rings. The molecule has 0 bridgehead atoms. The van der Waals surface area contributed by atoms with Crippen molar-refractivity contribution in [3.8, 4) is 0 Å². The number of anilines is 1. The monoisotopic (exact) mass is 330 g/mol. The molecule has 2 heterocycles. The fraction of sp³-hybridized carbons (Fsp3) is 0.632. The molecule has 1 N–H and O–H groups in total. The number of nitrogens with zero attached hydrogens (tertiary/aromatic N) is 3. The lowest BCUT2D eigenvalue weighted by atomic mass is 10.0. The predicted octanol–water partition coefficient (Wildman–Crippen LogP) is 2.38. The molecule has 1 aromatic rings. The highest BCUT2D eigenvalue weighted by molar-refractivity contribution is 5.74. The Hall–Kier alpha value is -1.75. The van der Waals surface area contributed by atoms with E-state index in [-0.39, 0.29) is 6.03 Å². The molecule has 2 amide bonds. The molecule has 2 saturated heterocycles. The maximum Gasteiger partial charge on any atom is 0.317 e. The Morgan fingerprint density at radius 1 is 1.17 bits per heavy atom. The number of piperidine rings is 1. The SMILES string of the molecule is CC1CCCN(C(=O)NCc2ccccc2N2CCN(C)CC2)C1. The number of piperazine rings is 1. The second-order valence-corrected chi connectivity index (χ2v) is 7.27. The van der Waals surface area contributed by atoms with E-state index in [0.29, 0.717) is 12.5 Å². The van der Waals surface area contributed by atoms with Crippen LogP contribution in [0.1, 0.15) is 25.3 Å². The van der Waals surface area contributed by atoms with E-state index in [1.165, 1.54) is 17.7 Å². The number of benzene rings is 1. The van der Waals surface area contributed by atoms with Crippen LogP contribution in [0.5, 0.6) is 0 Å². The van der Waals surface area contributed by atoms with Crippen molar-refractivity contribution in [2.75, 3.05) is 51.2 Å². The van der Waals surface area contributed by atoms with Gasteiger partial charge in [0.1, 0.15) is 0 Å². The van der Waals surface area contributed by atoms with Gasteiger partial charge in [0.25, 0.3) is 0 Å². The highest BCUT2D eigenvalue weighted by Crippen LogP contribution is 2.22. The van der Waals surface area contributed by atoms with Crippen molar-refractivity contribution < 1.29 is 4.79 Å². The molecule has 1 unspecified atom stereocenters. The largest absolute Gasteiger partial charge is 0.369 e. The molecule has 2 aliphatic heterocycles. The number of hydrogen-bond donors (Lipinski definition) is 1. The molecule has 0 spiro atoms. The van der Waals surface area contributed by atoms with Crippen molar-refractivity contribution in [3.05, 3.63) is 29.8 Å². The minimum Gasteiger partial charge on any atom is -0.369 e. The summed E-state index contributed by atoms with van der Waals surface area (Å²) in [7, 11) is 2.17. The van der Waals surface area contributed by atoms with E-state index < -0.39 is 0 Å². The third-order valence-electron chi connectivity index (χ3n) is 5.21. The average molecular weight is 330 g/mol. The molecule has 0 aromatic heterocycles.